The lowest BCUT2D eigenvalue weighted by atomic mass is 10.1. The molecule has 3 rings (SSSR count). The van der Waals surface area contributed by atoms with Crippen LogP contribution in [0.25, 0.3) is 6.08 Å². The van der Waals surface area contributed by atoms with Crippen LogP contribution in [0.2, 0.25) is 0 Å². The predicted octanol–water partition coefficient (Wildman–Crippen LogP) is 4.55. The second-order valence-corrected chi connectivity index (χ2v) is 6.90. The van der Waals surface area contributed by atoms with E-state index >= 15 is 0 Å². The van der Waals surface area contributed by atoms with Gasteiger partial charge in [-0.1, -0.05) is 30.3 Å². The number of ether oxygens (including phenoxy) is 2. The van der Waals surface area contributed by atoms with Gasteiger partial charge < -0.3 is 19.9 Å². The lowest BCUT2D eigenvalue weighted by Crippen LogP contribution is -2.14. The zero-order valence-corrected chi connectivity index (χ0v) is 18.1. The number of carbonyl (C=O) groups excluding carboxylic acids is 2. The van der Waals surface area contributed by atoms with Gasteiger partial charge in [0.1, 0.15) is 11.6 Å². The van der Waals surface area contributed by atoms with Gasteiger partial charge in [0.15, 0.2) is 11.5 Å². The van der Waals surface area contributed by atoms with Crippen LogP contribution in [0.3, 0.4) is 0 Å². The normalized spacial score (nSPS) is 10.6. The number of carboxylic acids is 1. The molecule has 2 N–H and O–H groups in total. The third-order valence-electron chi connectivity index (χ3n) is 4.52. The number of hydrogen-bond acceptors (Lipinski definition) is 6. The van der Waals surface area contributed by atoms with Gasteiger partial charge in [0, 0.05) is 5.69 Å². The number of nitrogens with one attached hydrogen (secondary N) is 1. The van der Waals surface area contributed by atoms with Gasteiger partial charge in [-0.2, -0.15) is 5.26 Å². The number of nitriles is 1. The highest BCUT2D eigenvalue weighted by atomic mass is 16.6. The maximum atomic E-state index is 12.6. The maximum absolute atomic E-state index is 12.6. The molecular formula is C26H20N2O6. The van der Waals surface area contributed by atoms with Crippen molar-refractivity contribution in [2.45, 2.75) is 6.92 Å². The van der Waals surface area contributed by atoms with Crippen molar-refractivity contribution in [3.63, 3.8) is 0 Å². The molecule has 3 aromatic rings. The molecule has 1 amide bonds. The van der Waals surface area contributed by atoms with E-state index in [-0.39, 0.29) is 28.3 Å². The van der Waals surface area contributed by atoms with Crippen molar-refractivity contribution < 1.29 is 29.0 Å². The number of anilines is 1. The summed E-state index contributed by atoms with van der Waals surface area (Å²) < 4.78 is 11.0. The van der Waals surface area contributed by atoms with E-state index in [9.17, 15) is 19.6 Å². The fraction of sp³-hybridized carbons (Fsp3) is 0.0769. The Morgan fingerprint density at radius 1 is 0.971 bits per heavy atom. The smallest absolute Gasteiger partial charge is 0.343 e. The lowest BCUT2D eigenvalue weighted by Gasteiger charge is -2.12. The van der Waals surface area contributed by atoms with Crippen LogP contribution in [0.4, 0.5) is 5.69 Å². The lowest BCUT2D eigenvalue weighted by molar-refractivity contribution is -0.112. The molecule has 0 aliphatic rings. The van der Waals surface area contributed by atoms with Gasteiger partial charge in [-0.3, -0.25) is 4.79 Å². The Labute approximate surface area is 195 Å². The van der Waals surface area contributed by atoms with Crippen LogP contribution in [-0.2, 0) is 4.79 Å². The Bertz CT molecular complexity index is 1290. The molecule has 0 heterocycles. The van der Waals surface area contributed by atoms with E-state index in [2.05, 4.69) is 5.32 Å². The second-order valence-electron chi connectivity index (χ2n) is 6.90. The molecule has 0 spiro atoms. The molecular weight excluding hydrogens is 436 g/mol. The highest BCUT2D eigenvalue weighted by Gasteiger charge is 2.15. The number of hydrogen-bond donors (Lipinski definition) is 2. The van der Waals surface area contributed by atoms with Gasteiger partial charge >= 0.3 is 11.9 Å². The van der Waals surface area contributed by atoms with E-state index in [4.69, 9.17) is 14.6 Å². The van der Waals surface area contributed by atoms with Gasteiger partial charge in [0.2, 0.25) is 0 Å². The third kappa shape index (κ3) is 6.08. The topological polar surface area (TPSA) is 126 Å². The first-order valence-corrected chi connectivity index (χ1v) is 10.2. The van der Waals surface area contributed by atoms with E-state index in [1.807, 2.05) is 6.07 Å². The SMILES string of the molecule is CCOc1cc(/C=C(\C#N)C(=O)Nc2cccc(C(=O)O)c2)ccc1OC(=O)c1ccccc1. The number of amides is 1. The molecule has 0 atom stereocenters. The van der Waals surface area contributed by atoms with Crippen molar-refractivity contribution >= 4 is 29.6 Å². The van der Waals surface area contributed by atoms with Crippen molar-refractivity contribution in [2.24, 2.45) is 0 Å². The Morgan fingerprint density at radius 2 is 1.71 bits per heavy atom. The highest BCUT2D eigenvalue weighted by molar-refractivity contribution is 6.10. The standard InChI is InChI=1S/C26H20N2O6/c1-2-33-23-14-17(11-12-22(23)34-26(32)18-7-4-3-5-8-18)13-20(16-27)24(29)28-21-10-6-9-19(15-21)25(30)31/h3-15H,2H2,1H3,(H,28,29)(H,30,31)/b20-13+. The number of benzene rings is 3. The monoisotopic (exact) mass is 456 g/mol. The first kappa shape index (κ1) is 23.8. The summed E-state index contributed by atoms with van der Waals surface area (Å²) in [7, 11) is 0. The minimum atomic E-state index is -1.14. The summed E-state index contributed by atoms with van der Waals surface area (Å²) in [6.45, 7) is 2.07. The molecule has 0 aliphatic heterocycles. The van der Waals surface area contributed by atoms with Crippen molar-refractivity contribution in [3.8, 4) is 17.6 Å². The van der Waals surface area contributed by atoms with Crippen LogP contribution in [0.15, 0.2) is 78.4 Å². The molecule has 0 fully saturated rings. The molecule has 0 saturated heterocycles. The van der Waals surface area contributed by atoms with Crippen LogP contribution >= 0.6 is 0 Å². The van der Waals surface area contributed by atoms with Crippen LogP contribution in [0, 0.1) is 11.3 Å². The average molecular weight is 456 g/mol. The third-order valence-corrected chi connectivity index (χ3v) is 4.52. The quantitative estimate of drug-likeness (QED) is 0.220. The number of esters is 1. The first-order valence-electron chi connectivity index (χ1n) is 10.2. The number of aromatic carboxylic acids is 1. The van der Waals surface area contributed by atoms with Crippen LogP contribution < -0.4 is 14.8 Å². The fourth-order valence-electron chi connectivity index (χ4n) is 2.94. The maximum Gasteiger partial charge on any atom is 0.343 e. The minimum Gasteiger partial charge on any atom is -0.490 e. The van der Waals surface area contributed by atoms with Crippen LogP contribution in [-0.4, -0.2) is 29.6 Å². The van der Waals surface area contributed by atoms with Gasteiger partial charge in [-0.15, -0.1) is 0 Å². The second kappa shape index (κ2) is 11.1. The number of carbonyl (C=O) groups is 3. The van der Waals surface area contributed by atoms with Crippen molar-refractivity contribution in [2.75, 3.05) is 11.9 Å². The summed E-state index contributed by atoms with van der Waals surface area (Å²) in [5, 5.41) is 21.1. The van der Waals surface area contributed by atoms with Gasteiger partial charge in [-0.25, -0.2) is 9.59 Å². The molecule has 34 heavy (non-hydrogen) atoms. The highest BCUT2D eigenvalue weighted by Crippen LogP contribution is 2.30. The molecule has 0 unspecified atom stereocenters. The van der Waals surface area contributed by atoms with E-state index in [0.717, 1.165) is 0 Å². The van der Waals surface area contributed by atoms with Gasteiger partial charge in [0.05, 0.1) is 17.7 Å². The van der Waals surface area contributed by atoms with E-state index < -0.39 is 17.8 Å². The van der Waals surface area contributed by atoms with Crippen LogP contribution in [0.5, 0.6) is 11.5 Å². The molecule has 0 saturated carbocycles. The molecule has 8 nitrogen and oxygen atoms in total. The first-order chi connectivity index (χ1) is 16.4. The summed E-state index contributed by atoms with van der Waals surface area (Å²) >= 11 is 0. The Hall–Kier alpha value is -4.90. The Balaban J connectivity index is 1.82. The van der Waals surface area contributed by atoms with Gasteiger partial charge in [0.25, 0.3) is 5.91 Å². The van der Waals surface area contributed by atoms with E-state index in [1.54, 1.807) is 49.4 Å². The summed E-state index contributed by atoms with van der Waals surface area (Å²) in [5.74, 6) is -1.93. The molecule has 0 radical (unpaired) electrons. The van der Waals surface area contributed by atoms with E-state index in [0.29, 0.717) is 17.7 Å². The van der Waals surface area contributed by atoms with Crippen molar-refractivity contribution in [3.05, 3.63) is 95.1 Å². The summed E-state index contributed by atoms with van der Waals surface area (Å²) in [6, 6.07) is 20.6. The Kier molecular flexibility index (Phi) is 7.76. The summed E-state index contributed by atoms with van der Waals surface area (Å²) in [6.07, 6.45) is 1.35. The minimum absolute atomic E-state index is 0.00211. The van der Waals surface area contributed by atoms with Gasteiger partial charge in [-0.05, 0) is 61.0 Å². The van der Waals surface area contributed by atoms with Crippen LogP contribution in [0.1, 0.15) is 33.2 Å². The zero-order chi connectivity index (χ0) is 24.5. The molecule has 0 aliphatic carbocycles. The molecule has 3 aromatic carbocycles. The fourth-order valence-corrected chi connectivity index (χ4v) is 2.94. The summed E-state index contributed by atoms with van der Waals surface area (Å²) in [5.41, 5.74) is 0.877. The zero-order valence-electron chi connectivity index (χ0n) is 18.1. The predicted molar refractivity (Wildman–Crippen MR) is 125 cm³/mol. The Morgan fingerprint density at radius 3 is 2.38 bits per heavy atom. The molecule has 8 heteroatoms. The van der Waals surface area contributed by atoms with E-state index in [1.165, 1.54) is 36.4 Å². The van der Waals surface area contributed by atoms with Crippen molar-refractivity contribution in [1.29, 1.82) is 5.26 Å². The molecule has 0 aromatic heterocycles. The number of rotatable bonds is 8. The summed E-state index contributed by atoms with van der Waals surface area (Å²) in [4.78, 5) is 36.1. The average Bonchev–Trinajstić information content (AvgIpc) is 2.84. The largest absolute Gasteiger partial charge is 0.490 e. The van der Waals surface area contributed by atoms with Crippen molar-refractivity contribution in [1.82, 2.24) is 0 Å². The number of nitrogens with zero attached hydrogens (tertiary/aromatic N) is 1. The molecule has 0 bridgehead atoms. The molecule has 170 valence electrons. The number of carboxylic acid groups (broad SMARTS) is 1.